The van der Waals surface area contributed by atoms with Gasteiger partial charge in [0.2, 0.25) is 0 Å². The van der Waals surface area contributed by atoms with Crippen LogP contribution in [0.4, 0.5) is 0 Å². The minimum atomic E-state index is -1.17. The fraction of sp³-hybridized carbons (Fsp3) is 0.333. The van der Waals surface area contributed by atoms with Crippen LogP contribution in [0.25, 0.3) is 0 Å². The van der Waals surface area contributed by atoms with Crippen LogP contribution in [0.2, 0.25) is 0 Å². The average molecular weight is 423 g/mol. The number of ether oxygens (including phenoxy) is 3. The molecule has 0 rings (SSSR count). The predicted octanol–water partition coefficient (Wildman–Crippen LogP) is -2.95. The second-order valence-corrected chi connectivity index (χ2v) is 4.02. The lowest BCUT2D eigenvalue weighted by molar-refractivity contribution is -0.358. The van der Waals surface area contributed by atoms with E-state index in [1.165, 1.54) is 14.2 Å². The number of carboxylic acids is 2. The van der Waals surface area contributed by atoms with E-state index < -0.39 is 42.4 Å². The van der Waals surface area contributed by atoms with Gasteiger partial charge in [0.05, 0.1) is 21.3 Å². The van der Waals surface area contributed by atoms with Crippen LogP contribution in [0.5, 0.6) is 0 Å². The van der Waals surface area contributed by atoms with Gasteiger partial charge in [0.15, 0.2) is 6.54 Å². The SMILES string of the molecule is COC(=O)/C=C/C(=O)OC.COC(=O)/C=C/C(=O)ONCC(=O)O.[NH3+]CC(=O)O. The summed E-state index contributed by atoms with van der Waals surface area (Å²) in [4.78, 5) is 65.2. The standard InChI is InChI=1S/C7H9NO6.C6H8O4.C2H5NO2/c1-13-6(11)2-3-7(12)14-8-4-5(9)10;1-9-5(7)3-4-6(8)10-2;3-1-2(4)5/h2-3,8H,4H2,1H3,(H,9,10);3-4H,1-2H3;1,3H2,(H,4,5)/p+1/b3-2+;4-3+;. The number of aliphatic carboxylic acids is 2. The van der Waals surface area contributed by atoms with Gasteiger partial charge in [-0.25, -0.2) is 24.0 Å². The number of methoxy groups -OCH3 is 3. The summed E-state index contributed by atoms with van der Waals surface area (Å²) in [6.45, 7) is -0.544. The summed E-state index contributed by atoms with van der Waals surface area (Å²) >= 11 is 0. The monoisotopic (exact) mass is 423 g/mol. The number of carboxylic acid groups (broad SMARTS) is 2. The summed E-state index contributed by atoms with van der Waals surface area (Å²) < 4.78 is 12.6. The van der Waals surface area contributed by atoms with E-state index in [0.29, 0.717) is 0 Å². The summed E-state index contributed by atoms with van der Waals surface area (Å²) in [7, 11) is 3.61. The molecule has 0 saturated carbocycles. The maximum Gasteiger partial charge on any atom is 0.359 e. The van der Waals surface area contributed by atoms with Gasteiger partial charge in [0.25, 0.3) is 0 Å². The third kappa shape index (κ3) is 29.2. The van der Waals surface area contributed by atoms with Crippen molar-refractivity contribution in [3.8, 4) is 0 Å². The van der Waals surface area contributed by atoms with Crippen LogP contribution in [0.1, 0.15) is 0 Å². The minimum Gasteiger partial charge on any atom is -0.480 e. The first-order valence-electron chi connectivity index (χ1n) is 7.30. The lowest BCUT2D eigenvalue weighted by Gasteiger charge is -1.98. The molecule has 6 N–H and O–H groups in total. The molecule has 29 heavy (non-hydrogen) atoms. The predicted molar refractivity (Wildman–Crippen MR) is 91.4 cm³/mol. The van der Waals surface area contributed by atoms with E-state index in [2.05, 4.69) is 24.8 Å². The molecule has 14 heteroatoms. The van der Waals surface area contributed by atoms with E-state index in [9.17, 15) is 28.8 Å². The molecule has 0 atom stereocenters. The van der Waals surface area contributed by atoms with Crippen molar-refractivity contribution < 1.29 is 63.8 Å². The summed E-state index contributed by atoms with van der Waals surface area (Å²) in [5.41, 5.74) is 4.96. The zero-order valence-corrected chi connectivity index (χ0v) is 15.9. The first kappa shape index (κ1) is 30.0. The number of carbonyl (C=O) groups excluding carboxylic acids is 4. The number of quaternary nitrogens is 1. The molecule has 0 radical (unpaired) electrons. The van der Waals surface area contributed by atoms with E-state index in [0.717, 1.165) is 31.4 Å². The Labute approximate surface area is 164 Å². The number of carbonyl (C=O) groups is 6. The van der Waals surface area contributed by atoms with E-state index in [1.807, 2.05) is 5.48 Å². The summed E-state index contributed by atoms with van der Waals surface area (Å²) in [5, 5.41) is 15.8. The van der Waals surface area contributed by atoms with Crippen LogP contribution in [-0.4, -0.2) is 80.4 Å². The van der Waals surface area contributed by atoms with Crippen molar-refractivity contribution in [3.63, 3.8) is 0 Å². The number of rotatable bonds is 8. The second kappa shape index (κ2) is 20.5. The van der Waals surface area contributed by atoms with Crippen LogP contribution in [0, 0.1) is 0 Å². The Hall–Kier alpha value is -3.78. The highest BCUT2D eigenvalue weighted by atomic mass is 16.7. The first-order chi connectivity index (χ1) is 13.5. The van der Waals surface area contributed by atoms with Crippen molar-refractivity contribution in [2.24, 2.45) is 0 Å². The Bertz CT molecular complexity index is 594. The molecule has 0 unspecified atom stereocenters. The number of nitrogens with one attached hydrogen (secondary N) is 1. The summed E-state index contributed by atoms with van der Waals surface area (Å²) in [6.07, 6.45) is 3.64. The van der Waals surface area contributed by atoms with E-state index in [1.54, 1.807) is 0 Å². The zero-order valence-electron chi connectivity index (χ0n) is 15.9. The third-order valence-corrected chi connectivity index (χ3v) is 1.92. The average Bonchev–Trinajstić information content (AvgIpc) is 2.70. The van der Waals surface area contributed by atoms with E-state index in [-0.39, 0.29) is 6.54 Å². The fourth-order valence-corrected chi connectivity index (χ4v) is 0.679. The van der Waals surface area contributed by atoms with Gasteiger partial charge in [-0.15, -0.1) is 5.48 Å². The molecule has 0 heterocycles. The van der Waals surface area contributed by atoms with Crippen LogP contribution in [0.15, 0.2) is 24.3 Å². The molecular weight excluding hydrogens is 400 g/mol. The molecule has 0 amide bonds. The summed E-state index contributed by atoms with van der Waals surface area (Å²) in [5.74, 6) is -4.78. The van der Waals surface area contributed by atoms with Gasteiger partial charge >= 0.3 is 35.8 Å². The van der Waals surface area contributed by atoms with Gasteiger partial charge in [0, 0.05) is 24.3 Å². The highest BCUT2D eigenvalue weighted by molar-refractivity contribution is 5.92. The smallest absolute Gasteiger partial charge is 0.359 e. The van der Waals surface area contributed by atoms with Gasteiger partial charge in [-0.2, -0.15) is 0 Å². The van der Waals surface area contributed by atoms with Gasteiger partial charge in [-0.05, 0) is 0 Å². The van der Waals surface area contributed by atoms with Crippen molar-refractivity contribution in [2.75, 3.05) is 34.4 Å². The first-order valence-corrected chi connectivity index (χ1v) is 7.30. The largest absolute Gasteiger partial charge is 0.480 e. The van der Waals surface area contributed by atoms with Gasteiger partial charge < -0.3 is 35.0 Å². The Balaban J connectivity index is -0.000000392. The Morgan fingerprint density at radius 1 is 0.724 bits per heavy atom. The van der Waals surface area contributed by atoms with Crippen LogP contribution < -0.4 is 11.2 Å². The zero-order chi connectivity index (χ0) is 23.2. The molecule has 0 fully saturated rings. The van der Waals surface area contributed by atoms with E-state index >= 15 is 0 Å². The minimum absolute atomic E-state index is 0.0278. The topological polar surface area (TPSA) is 219 Å². The Morgan fingerprint density at radius 3 is 1.28 bits per heavy atom. The van der Waals surface area contributed by atoms with Gasteiger partial charge in [0.1, 0.15) is 6.54 Å². The summed E-state index contributed by atoms with van der Waals surface area (Å²) in [6, 6.07) is 0. The molecule has 164 valence electrons. The molecule has 0 saturated heterocycles. The fourth-order valence-electron chi connectivity index (χ4n) is 0.679. The molecular formula is C15H23N2O12+. The molecule has 0 bridgehead atoms. The Morgan fingerprint density at radius 2 is 1.03 bits per heavy atom. The second-order valence-electron chi connectivity index (χ2n) is 4.02. The molecule has 0 aromatic carbocycles. The van der Waals surface area contributed by atoms with Crippen LogP contribution in [-0.2, 0) is 47.8 Å². The number of hydroxylamine groups is 1. The highest BCUT2D eigenvalue weighted by Crippen LogP contribution is 1.81. The van der Waals surface area contributed by atoms with Crippen LogP contribution in [0.3, 0.4) is 0 Å². The van der Waals surface area contributed by atoms with Crippen molar-refractivity contribution in [1.82, 2.24) is 5.48 Å². The maximum absolute atomic E-state index is 10.7. The van der Waals surface area contributed by atoms with Crippen molar-refractivity contribution >= 4 is 35.8 Å². The number of hydrogen-bond acceptors (Lipinski definition) is 11. The van der Waals surface area contributed by atoms with E-state index in [4.69, 9.17) is 10.2 Å². The highest BCUT2D eigenvalue weighted by Gasteiger charge is 2.01. The molecule has 0 aromatic rings. The van der Waals surface area contributed by atoms with Gasteiger partial charge in [-0.1, -0.05) is 0 Å². The van der Waals surface area contributed by atoms with Crippen molar-refractivity contribution in [3.05, 3.63) is 24.3 Å². The Kier molecular flexibility index (Phi) is 21.2. The molecule has 0 aliphatic heterocycles. The molecule has 0 aliphatic rings. The number of hydrogen-bond donors (Lipinski definition) is 4. The molecule has 0 aromatic heterocycles. The normalized spacial score (nSPS) is 9.24. The van der Waals surface area contributed by atoms with Crippen LogP contribution >= 0.6 is 0 Å². The van der Waals surface area contributed by atoms with Crippen molar-refractivity contribution in [2.45, 2.75) is 0 Å². The molecule has 14 nitrogen and oxygen atoms in total. The van der Waals surface area contributed by atoms with Gasteiger partial charge in [-0.3, -0.25) is 4.79 Å². The number of esters is 3. The third-order valence-electron chi connectivity index (χ3n) is 1.92. The maximum atomic E-state index is 10.7. The molecule has 0 aliphatic carbocycles. The molecule has 0 spiro atoms. The van der Waals surface area contributed by atoms with Crippen molar-refractivity contribution in [1.29, 1.82) is 0 Å². The lowest BCUT2D eigenvalue weighted by Crippen LogP contribution is -2.54. The lowest BCUT2D eigenvalue weighted by atomic mass is 10.5. The quantitative estimate of drug-likeness (QED) is 0.133.